The number of anilines is 1. The first-order valence-corrected chi connectivity index (χ1v) is 7.59. The molecule has 1 amide bonds. The zero-order valence-corrected chi connectivity index (χ0v) is 12.8. The van der Waals surface area contributed by atoms with Gasteiger partial charge in [-0.25, -0.2) is 4.98 Å². The van der Waals surface area contributed by atoms with Crippen LogP contribution in [-0.4, -0.2) is 21.2 Å². The lowest BCUT2D eigenvalue weighted by atomic mass is 10.1. The van der Waals surface area contributed by atoms with Gasteiger partial charge in [-0.2, -0.15) is 0 Å². The average molecular weight is 289 g/mol. The quantitative estimate of drug-likeness (QED) is 0.859. The van der Waals surface area contributed by atoms with Crippen LogP contribution in [0, 0.1) is 13.8 Å². The number of benzene rings is 1. The minimum Gasteiger partial charge on any atom is -0.326 e. The molecule has 1 heterocycles. The first-order valence-electron chi connectivity index (χ1n) is 6.61. The van der Waals surface area contributed by atoms with Crippen molar-refractivity contribution in [2.45, 2.75) is 32.5 Å². The van der Waals surface area contributed by atoms with Gasteiger partial charge in [-0.05, 0) is 32.4 Å². The Bertz CT molecular complexity index is 607. The van der Waals surface area contributed by atoms with Crippen LogP contribution in [0.2, 0.25) is 0 Å². The molecule has 1 N–H and O–H groups in total. The maximum absolute atomic E-state index is 12.0. The highest BCUT2D eigenvalue weighted by Crippen LogP contribution is 2.18. The molecule has 1 aromatic carbocycles. The molecule has 0 aliphatic heterocycles. The third kappa shape index (κ3) is 3.63. The van der Waals surface area contributed by atoms with Crippen molar-refractivity contribution in [3.8, 4) is 0 Å². The van der Waals surface area contributed by atoms with Crippen molar-refractivity contribution < 1.29 is 4.79 Å². The molecule has 0 saturated heterocycles. The number of hydrogen-bond donors (Lipinski definition) is 1. The molecule has 0 fully saturated rings. The Morgan fingerprint density at radius 2 is 2.20 bits per heavy atom. The second kappa shape index (κ2) is 6.61. The second-order valence-corrected chi connectivity index (χ2v) is 5.59. The molecule has 4 nitrogen and oxygen atoms in total. The Kier molecular flexibility index (Phi) is 4.84. The molecule has 0 radical (unpaired) electrons. The molecular weight excluding hydrogens is 270 g/mol. The van der Waals surface area contributed by atoms with Crippen molar-refractivity contribution >= 4 is 23.4 Å². The smallest absolute Gasteiger partial charge is 0.234 e. The number of hydrogen-bond acceptors (Lipinski definition) is 3. The predicted molar refractivity (Wildman–Crippen MR) is 83.2 cm³/mol. The molecule has 20 heavy (non-hydrogen) atoms. The summed E-state index contributed by atoms with van der Waals surface area (Å²) in [6.07, 6.45) is 3.68. The lowest BCUT2D eigenvalue weighted by Gasteiger charge is -2.09. The number of aryl methyl sites for hydroxylation is 3. The molecule has 0 saturated carbocycles. The highest BCUT2D eigenvalue weighted by atomic mass is 32.2. The van der Waals surface area contributed by atoms with Crippen molar-refractivity contribution in [1.82, 2.24) is 9.55 Å². The van der Waals surface area contributed by atoms with E-state index in [1.54, 1.807) is 6.20 Å². The molecule has 0 unspecified atom stereocenters. The molecule has 2 rings (SSSR count). The van der Waals surface area contributed by atoms with Gasteiger partial charge in [-0.3, -0.25) is 4.79 Å². The van der Waals surface area contributed by atoms with Gasteiger partial charge in [-0.15, -0.1) is 0 Å². The van der Waals surface area contributed by atoms with Crippen molar-refractivity contribution in [2.24, 2.45) is 0 Å². The Morgan fingerprint density at radius 3 is 2.90 bits per heavy atom. The van der Waals surface area contributed by atoms with Crippen LogP contribution in [0.15, 0.2) is 35.7 Å². The largest absolute Gasteiger partial charge is 0.326 e. The summed E-state index contributed by atoms with van der Waals surface area (Å²) in [5.74, 6) is 0.359. The van der Waals surface area contributed by atoms with E-state index in [9.17, 15) is 4.79 Å². The summed E-state index contributed by atoms with van der Waals surface area (Å²) in [6, 6.07) is 6.01. The summed E-state index contributed by atoms with van der Waals surface area (Å²) < 4.78 is 2.02. The SMILES string of the molecule is CCn1ccnc1SCC(=O)Nc1ccc(C)cc1C. The molecule has 1 aromatic heterocycles. The van der Waals surface area contributed by atoms with Gasteiger partial charge < -0.3 is 9.88 Å². The van der Waals surface area contributed by atoms with Gasteiger partial charge in [-0.1, -0.05) is 29.5 Å². The monoisotopic (exact) mass is 289 g/mol. The number of carbonyl (C=O) groups excluding carboxylic acids is 1. The molecule has 0 atom stereocenters. The summed E-state index contributed by atoms with van der Waals surface area (Å²) in [5, 5.41) is 3.82. The maximum Gasteiger partial charge on any atom is 0.234 e. The Morgan fingerprint density at radius 1 is 1.40 bits per heavy atom. The van der Waals surface area contributed by atoms with Crippen molar-refractivity contribution in [1.29, 1.82) is 0 Å². The molecule has 106 valence electrons. The topological polar surface area (TPSA) is 46.9 Å². The van der Waals surface area contributed by atoms with Crippen LogP contribution in [0.5, 0.6) is 0 Å². The molecule has 0 aliphatic rings. The molecule has 0 bridgehead atoms. The fraction of sp³-hybridized carbons (Fsp3) is 0.333. The number of thioether (sulfide) groups is 1. The molecule has 5 heteroatoms. The standard InChI is InChI=1S/C15H19N3OS/c1-4-18-8-7-16-15(18)20-10-14(19)17-13-6-5-11(2)9-12(13)3/h5-9H,4,10H2,1-3H3,(H,17,19). The Balaban J connectivity index is 1.93. The van der Waals surface area contributed by atoms with E-state index in [4.69, 9.17) is 0 Å². The number of carbonyl (C=O) groups is 1. The number of aromatic nitrogens is 2. The average Bonchev–Trinajstić information content (AvgIpc) is 2.87. The van der Waals surface area contributed by atoms with Crippen molar-refractivity contribution in [3.05, 3.63) is 41.7 Å². The van der Waals surface area contributed by atoms with Crippen LogP contribution in [0.3, 0.4) is 0 Å². The van der Waals surface area contributed by atoms with E-state index in [0.29, 0.717) is 5.75 Å². The van der Waals surface area contributed by atoms with E-state index in [1.807, 2.05) is 36.7 Å². The highest BCUT2D eigenvalue weighted by molar-refractivity contribution is 7.99. The lowest BCUT2D eigenvalue weighted by molar-refractivity contribution is -0.113. The van der Waals surface area contributed by atoms with Gasteiger partial charge in [0.1, 0.15) is 0 Å². The van der Waals surface area contributed by atoms with Gasteiger partial charge in [0.15, 0.2) is 5.16 Å². The maximum atomic E-state index is 12.0. The van der Waals surface area contributed by atoms with Crippen molar-refractivity contribution in [2.75, 3.05) is 11.1 Å². The summed E-state index contributed by atoms with van der Waals surface area (Å²) in [4.78, 5) is 16.2. The number of rotatable bonds is 5. The van der Waals surface area contributed by atoms with Gasteiger partial charge in [0.25, 0.3) is 0 Å². The fourth-order valence-electron chi connectivity index (χ4n) is 1.95. The minimum absolute atomic E-state index is 0.00685. The number of nitrogens with one attached hydrogen (secondary N) is 1. The number of amides is 1. The first-order chi connectivity index (χ1) is 9.60. The third-order valence-electron chi connectivity index (χ3n) is 3.01. The van der Waals surface area contributed by atoms with E-state index in [1.165, 1.54) is 17.3 Å². The highest BCUT2D eigenvalue weighted by Gasteiger charge is 2.08. The van der Waals surface area contributed by atoms with Gasteiger partial charge in [0, 0.05) is 24.6 Å². The van der Waals surface area contributed by atoms with Crippen LogP contribution < -0.4 is 5.32 Å². The molecule has 0 aliphatic carbocycles. The first kappa shape index (κ1) is 14.7. The van der Waals surface area contributed by atoms with E-state index in [0.717, 1.165) is 23.0 Å². The van der Waals surface area contributed by atoms with Gasteiger partial charge >= 0.3 is 0 Å². The zero-order valence-electron chi connectivity index (χ0n) is 12.0. The lowest BCUT2D eigenvalue weighted by Crippen LogP contribution is -2.15. The van der Waals surface area contributed by atoms with Crippen LogP contribution in [-0.2, 0) is 11.3 Å². The van der Waals surface area contributed by atoms with E-state index < -0.39 is 0 Å². The van der Waals surface area contributed by atoms with Gasteiger partial charge in [0.05, 0.1) is 5.75 Å². The van der Waals surface area contributed by atoms with E-state index in [2.05, 4.69) is 23.3 Å². The van der Waals surface area contributed by atoms with E-state index >= 15 is 0 Å². The predicted octanol–water partition coefficient (Wildman–Crippen LogP) is 3.25. The Hall–Kier alpha value is -1.75. The number of nitrogens with zero attached hydrogens (tertiary/aromatic N) is 2. The third-order valence-corrected chi connectivity index (χ3v) is 4.01. The fourth-order valence-corrected chi connectivity index (χ4v) is 2.77. The van der Waals surface area contributed by atoms with Gasteiger partial charge in [0.2, 0.25) is 5.91 Å². The molecular formula is C15H19N3OS. The van der Waals surface area contributed by atoms with Crippen LogP contribution in [0.1, 0.15) is 18.1 Å². The summed E-state index contributed by atoms with van der Waals surface area (Å²) in [6.45, 7) is 6.96. The van der Waals surface area contributed by atoms with Crippen LogP contribution in [0.25, 0.3) is 0 Å². The minimum atomic E-state index is -0.00685. The van der Waals surface area contributed by atoms with Crippen molar-refractivity contribution in [3.63, 3.8) is 0 Å². The second-order valence-electron chi connectivity index (χ2n) is 4.65. The number of imidazole rings is 1. The molecule has 0 spiro atoms. The van der Waals surface area contributed by atoms with E-state index in [-0.39, 0.29) is 5.91 Å². The summed E-state index contributed by atoms with van der Waals surface area (Å²) in [5.41, 5.74) is 3.15. The zero-order chi connectivity index (χ0) is 14.5. The normalized spacial score (nSPS) is 10.6. The van der Waals surface area contributed by atoms with Crippen LogP contribution in [0.4, 0.5) is 5.69 Å². The summed E-state index contributed by atoms with van der Waals surface area (Å²) in [7, 11) is 0. The van der Waals surface area contributed by atoms with Crippen LogP contribution >= 0.6 is 11.8 Å². The Labute approximate surface area is 123 Å². The molecule has 2 aromatic rings. The summed E-state index contributed by atoms with van der Waals surface area (Å²) >= 11 is 1.45.